The maximum absolute atomic E-state index is 14.2. The first-order chi connectivity index (χ1) is 36.5. The highest BCUT2D eigenvalue weighted by Crippen LogP contribution is 2.34. The van der Waals surface area contributed by atoms with Gasteiger partial charge >= 0.3 is 0 Å². The number of nitrogens with two attached hydrogens (primary N) is 1. The number of benzene rings is 3. The standard InChI is InChI=1S/C57H74N10O8S/c1-37(39-20-22-40(23-21-39)52-38(2)59-36-76-52)60-55(72)47-32-42(68)34-67(47)56(73)53(57(3,4)5)61-50(70)18-7-6-8-19-51(71)65-27-25-64(26-28-65)29-30-74-43-14-11-13-41(31-43)66-24-12-15-44(35-66)75-49-33-46(62-63-54(49)58)45-16-9-10-17-48(45)69/h9-11,13-14,16-17,20-23,31,33,36-37,42,44,47,53,68-69H,6-8,12,15,18-19,24-30,32,34-35H2,1-5H3,(H2,58,63)(H,60,72)(H,61,70)/t37?,42-,44?,47+,53?/m1/s1. The Kier molecular flexibility index (Phi) is 18.5. The van der Waals surface area contributed by atoms with E-state index in [2.05, 4.69) is 47.7 Å². The van der Waals surface area contributed by atoms with Crippen LogP contribution in [0.5, 0.6) is 17.2 Å². The van der Waals surface area contributed by atoms with Crippen LogP contribution in [0.1, 0.15) is 96.4 Å². The molecule has 0 saturated carbocycles. The number of rotatable bonds is 20. The highest BCUT2D eigenvalue weighted by molar-refractivity contribution is 7.13. The molecule has 5 heterocycles. The van der Waals surface area contributed by atoms with Crippen LogP contribution in [-0.4, -0.2) is 147 Å². The molecule has 3 aliphatic rings. The molecule has 3 fully saturated rings. The molecule has 8 rings (SSSR count). The maximum atomic E-state index is 14.2. The minimum atomic E-state index is -0.911. The lowest BCUT2D eigenvalue weighted by molar-refractivity contribution is -0.144. The molecule has 0 radical (unpaired) electrons. The van der Waals surface area contributed by atoms with Crippen molar-refractivity contribution in [2.24, 2.45) is 5.41 Å². The summed E-state index contributed by atoms with van der Waals surface area (Å²) in [5.74, 6) is 0.612. The van der Waals surface area contributed by atoms with Gasteiger partial charge in [-0.05, 0) is 80.3 Å². The number of thiazole rings is 1. The van der Waals surface area contributed by atoms with Crippen LogP contribution in [0.25, 0.3) is 21.7 Å². The number of nitrogens with zero attached hydrogens (tertiary/aromatic N) is 7. The lowest BCUT2D eigenvalue weighted by atomic mass is 9.85. The van der Waals surface area contributed by atoms with Gasteiger partial charge in [-0.1, -0.05) is 69.7 Å². The third-order valence-corrected chi connectivity index (χ3v) is 15.6. The predicted octanol–water partition coefficient (Wildman–Crippen LogP) is 6.75. The summed E-state index contributed by atoms with van der Waals surface area (Å²) in [6.07, 6.45) is 3.41. The van der Waals surface area contributed by atoms with Gasteiger partial charge in [0.05, 0.1) is 34.8 Å². The number of amides is 4. The van der Waals surface area contributed by atoms with Gasteiger partial charge in [-0.25, -0.2) is 4.98 Å². The molecule has 3 saturated heterocycles. The number of anilines is 2. The Morgan fingerprint density at radius 3 is 2.39 bits per heavy atom. The number of piperidine rings is 1. The second-order valence-electron chi connectivity index (χ2n) is 21.3. The zero-order chi connectivity index (χ0) is 53.9. The molecule has 5 atom stereocenters. The second kappa shape index (κ2) is 25.3. The molecular formula is C57H74N10O8S. The first-order valence-corrected chi connectivity index (χ1v) is 27.5. The number of aromatic hydroxyl groups is 1. The minimum Gasteiger partial charge on any atom is -0.507 e. The molecule has 18 nitrogen and oxygen atoms in total. The Morgan fingerprint density at radius 1 is 0.895 bits per heavy atom. The number of para-hydroxylation sites is 1. The van der Waals surface area contributed by atoms with Crippen molar-refractivity contribution in [1.82, 2.24) is 40.5 Å². The fourth-order valence-corrected chi connectivity index (χ4v) is 11.0. The summed E-state index contributed by atoms with van der Waals surface area (Å²) in [5, 5.41) is 35.3. The zero-order valence-electron chi connectivity index (χ0n) is 44.5. The van der Waals surface area contributed by atoms with Gasteiger partial charge in [-0.15, -0.1) is 21.5 Å². The average molecular weight is 1060 g/mol. The summed E-state index contributed by atoms with van der Waals surface area (Å²) in [4.78, 5) is 67.8. The third-order valence-electron chi connectivity index (χ3n) is 14.6. The lowest BCUT2D eigenvalue weighted by Gasteiger charge is -2.35. The van der Waals surface area contributed by atoms with Gasteiger partial charge in [0, 0.05) is 88.5 Å². The number of nitrogens with one attached hydrogen (secondary N) is 2. The van der Waals surface area contributed by atoms with Crippen molar-refractivity contribution in [2.45, 2.75) is 116 Å². The Labute approximate surface area is 450 Å². The van der Waals surface area contributed by atoms with Crippen molar-refractivity contribution in [3.63, 3.8) is 0 Å². The lowest BCUT2D eigenvalue weighted by Crippen LogP contribution is -2.57. The van der Waals surface area contributed by atoms with E-state index in [0.717, 1.165) is 72.2 Å². The van der Waals surface area contributed by atoms with Crippen molar-refractivity contribution in [3.05, 3.63) is 95.6 Å². The van der Waals surface area contributed by atoms with E-state index >= 15 is 0 Å². The molecule has 2 aromatic heterocycles. The fraction of sp³-hybridized carbons (Fsp3) is 0.491. The predicted molar refractivity (Wildman–Crippen MR) is 294 cm³/mol. The number of aliphatic hydroxyl groups excluding tert-OH is 1. The average Bonchev–Trinajstić information content (AvgIpc) is 4.05. The van der Waals surface area contributed by atoms with E-state index in [1.807, 2.05) is 87.5 Å². The molecule has 3 unspecified atom stereocenters. The van der Waals surface area contributed by atoms with E-state index in [1.165, 1.54) is 4.90 Å². The Morgan fingerprint density at radius 2 is 1.66 bits per heavy atom. The van der Waals surface area contributed by atoms with Gasteiger partial charge in [-0.3, -0.25) is 24.1 Å². The number of hydrogen-bond donors (Lipinski definition) is 5. The molecule has 19 heteroatoms. The van der Waals surface area contributed by atoms with Gasteiger partial charge in [0.25, 0.3) is 0 Å². The number of carbonyl (C=O) groups is 4. The first-order valence-electron chi connectivity index (χ1n) is 26.7. The SMILES string of the molecule is Cc1ncsc1-c1ccc(C(C)NC(=O)[C@@H]2C[C@@H](O)CN2C(=O)C(NC(=O)CCCCCC(=O)N2CCN(CCOc3cccc(N4CCCC(Oc5cc(-c6ccccc6O)nnc5N)C4)c3)CC2)C(C)(C)C)cc1. The second-order valence-corrected chi connectivity index (χ2v) is 22.2. The van der Waals surface area contributed by atoms with Crippen molar-refractivity contribution in [2.75, 3.05) is 69.6 Å². The van der Waals surface area contributed by atoms with Crippen molar-refractivity contribution < 1.29 is 38.9 Å². The number of aromatic nitrogens is 3. The largest absolute Gasteiger partial charge is 0.507 e. The quantitative estimate of drug-likeness (QED) is 0.0508. The summed E-state index contributed by atoms with van der Waals surface area (Å²) in [6, 6.07) is 22.6. The van der Waals surface area contributed by atoms with Crippen LogP contribution >= 0.6 is 11.3 Å². The number of piperazine rings is 1. The van der Waals surface area contributed by atoms with Gasteiger partial charge in [-0.2, -0.15) is 0 Å². The summed E-state index contributed by atoms with van der Waals surface area (Å²) in [7, 11) is 0. The molecule has 0 spiro atoms. The molecule has 5 aromatic rings. The minimum absolute atomic E-state index is 0.00109. The summed E-state index contributed by atoms with van der Waals surface area (Å²) in [6.45, 7) is 15.1. The number of aryl methyl sites for hydroxylation is 1. The molecule has 0 aliphatic carbocycles. The number of aliphatic hydroxyl groups is 1. The Bertz CT molecular complexity index is 2780. The molecule has 406 valence electrons. The van der Waals surface area contributed by atoms with E-state index in [9.17, 15) is 29.4 Å². The van der Waals surface area contributed by atoms with Crippen LogP contribution in [-0.2, 0) is 19.2 Å². The summed E-state index contributed by atoms with van der Waals surface area (Å²) >= 11 is 1.58. The van der Waals surface area contributed by atoms with E-state index in [-0.39, 0.29) is 60.8 Å². The topological polar surface area (TPSA) is 229 Å². The number of phenolic OH excluding ortho intramolecular Hbond substituents is 1. The molecule has 6 N–H and O–H groups in total. The smallest absolute Gasteiger partial charge is 0.246 e. The van der Waals surface area contributed by atoms with Crippen LogP contribution in [0, 0.1) is 12.3 Å². The summed E-state index contributed by atoms with van der Waals surface area (Å²) in [5.41, 5.74) is 12.3. The normalized spacial score (nSPS) is 19.0. The van der Waals surface area contributed by atoms with E-state index < -0.39 is 29.5 Å². The van der Waals surface area contributed by atoms with Crippen LogP contribution < -0.4 is 30.7 Å². The number of phenols is 1. The molecule has 0 bridgehead atoms. The molecule has 76 heavy (non-hydrogen) atoms. The van der Waals surface area contributed by atoms with E-state index in [0.29, 0.717) is 68.9 Å². The Hall–Kier alpha value is -6.83. The van der Waals surface area contributed by atoms with E-state index in [4.69, 9.17) is 15.2 Å². The van der Waals surface area contributed by atoms with Gasteiger partial charge in [0.1, 0.15) is 42.0 Å². The number of hydrogen-bond acceptors (Lipinski definition) is 15. The summed E-state index contributed by atoms with van der Waals surface area (Å²) < 4.78 is 12.6. The molecule has 3 aromatic carbocycles. The Balaban J connectivity index is 0.715. The molecule has 4 amide bonds. The monoisotopic (exact) mass is 1060 g/mol. The van der Waals surface area contributed by atoms with Crippen molar-refractivity contribution in [3.8, 4) is 38.9 Å². The van der Waals surface area contributed by atoms with Crippen LogP contribution in [0.2, 0.25) is 0 Å². The number of likely N-dealkylation sites (tertiary alicyclic amines) is 1. The fourth-order valence-electron chi connectivity index (χ4n) is 10.2. The van der Waals surface area contributed by atoms with Gasteiger partial charge in [0.15, 0.2) is 11.6 Å². The number of ether oxygens (including phenoxy) is 2. The highest BCUT2D eigenvalue weighted by atomic mass is 32.1. The van der Waals surface area contributed by atoms with Crippen LogP contribution in [0.4, 0.5) is 11.5 Å². The van der Waals surface area contributed by atoms with Gasteiger partial charge < -0.3 is 50.8 Å². The number of β-amino-alcohol motifs (C(OH)–C–C–N with tert-alkyl or cyclic N) is 1. The zero-order valence-corrected chi connectivity index (χ0v) is 45.3. The van der Waals surface area contributed by atoms with Crippen LogP contribution in [0.3, 0.4) is 0 Å². The first kappa shape index (κ1) is 55.4. The van der Waals surface area contributed by atoms with Crippen LogP contribution in [0.15, 0.2) is 84.4 Å². The highest BCUT2D eigenvalue weighted by Gasteiger charge is 2.45. The van der Waals surface area contributed by atoms with Gasteiger partial charge in [0.2, 0.25) is 23.6 Å². The van der Waals surface area contributed by atoms with Crippen molar-refractivity contribution in [1.29, 1.82) is 0 Å². The van der Waals surface area contributed by atoms with Crippen molar-refractivity contribution >= 4 is 46.5 Å². The number of unbranched alkanes of at least 4 members (excludes halogenated alkanes) is 2. The number of nitrogen functional groups attached to an aromatic ring is 1. The molecule has 3 aliphatic heterocycles. The maximum Gasteiger partial charge on any atom is 0.246 e. The van der Waals surface area contributed by atoms with E-state index in [1.54, 1.807) is 35.6 Å². The number of carbonyl (C=O) groups excluding carboxylic acids is 4. The third kappa shape index (κ3) is 14.3. The molecular weight excluding hydrogens is 985 g/mol.